The number of hydrogen-bond acceptors (Lipinski definition) is 5. The molecule has 184 valence electrons. The van der Waals surface area contributed by atoms with Crippen LogP contribution in [-0.4, -0.2) is 45.7 Å². The average molecular weight is 491 g/mol. The van der Waals surface area contributed by atoms with Crippen LogP contribution in [0.1, 0.15) is 24.9 Å². The zero-order valence-electron chi connectivity index (χ0n) is 19.6. The van der Waals surface area contributed by atoms with E-state index in [0.29, 0.717) is 18.5 Å². The first-order valence-corrected chi connectivity index (χ1v) is 11.3. The van der Waals surface area contributed by atoms with Gasteiger partial charge in [0.05, 0.1) is 42.8 Å². The molecule has 5 rings (SSSR count). The maximum Gasteiger partial charge on any atom is 0.321 e. The first-order valence-electron chi connectivity index (χ1n) is 11.3. The van der Waals surface area contributed by atoms with Gasteiger partial charge in [-0.05, 0) is 29.8 Å². The van der Waals surface area contributed by atoms with Crippen molar-refractivity contribution < 1.29 is 23.1 Å². The van der Waals surface area contributed by atoms with Crippen LogP contribution in [0.4, 0.5) is 14.5 Å². The third-order valence-electron chi connectivity index (χ3n) is 6.18. The number of alkyl halides is 2. The van der Waals surface area contributed by atoms with Crippen LogP contribution in [0.3, 0.4) is 0 Å². The highest BCUT2D eigenvalue weighted by molar-refractivity contribution is 6.00. The van der Waals surface area contributed by atoms with Crippen molar-refractivity contribution in [1.29, 1.82) is 0 Å². The highest BCUT2D eigenvalue weighted by Crippen LogP contribution is 2.39. The van der Waals surface area contributed by atoms with Gasteiger partial charge in [-0.15, -0.1) is 0 Å². The van der Waals surface area contributed by atoms with Gasteiger partial charge < -0.3 is 15.0 Å². The van der Waals surface area contributed by atoms with E-state index >= 15 is 0 Å². The van der Waals surface area contributed by atoms with Gasteiger partial charge in [0.1, 0.15) is 0 Å². The largest absolute Gasteiger partial charge is 0.481 e. The SMILES string of the molecule is COc1ccc(-n2ncc3cc(N4C(=O)C[C@@H](NC(=O)C(C)(F)F)[C@@H]4c4ccccc4)ccc32)cn1. The van der Waals surface area contributed by atoms with Crippen molar-refractivity contribution >= 4 is 28.4 Å². The van der Waals surface area contributed by atoms with Gasteiger partial charge in [-0.3, -0.25) is 9.59 Å². The van der Waals surface area contributed by atoms with Crippen molar-refractivity contribution in [2.45, 2.75) is 31.4 Å². The minimum absolute atomic E-state index is 0.101. The monoisotopic (exact) mass is 491 g/mol. The lowest BCUT2D eigenvalue weighted by Crippen LogP contribution is -2.46. The number of pyridine rings is 1. The summed E-state index contributed by atoms with van der Waals surface area (Å²) in [5, 5.41) is 7.62. The summed E-state index contributed by atoms with van der Waals surface area (Å²) in [5.74, 6) is -4.76. The summed E-state index contributed by atoms with van der Waals surface area (Å²) in [6.45, 7) is 0.540. The highest BCUT2D eigenvalue weighted by Gasteiger charge is 2.45. The number of fused-ring (bicyclic) bond motifs is 1. The van der Waals surface area contributed by atoms with Crippen LogP contribution in [-0.2, 0) is 9.59 Å². The van der Waals surface area contributed by atoms with E-state index in [1.54, 1.807) is 53.4 Å². The van der Waals surface area contributed by atoms with Gasteiger partial charge in [-0.2, -0.15) is 13.9 Å². The van der Waals surface area contributed by atoms with E-state index in [-0.39, 0.29) is 12.3 Å². The number of nitrogens with zero attached hydrogens (tertiary/aromatic N) is 4. The Morgan fingerprint density at radius 3 is 2.50 bits per heavy atom. The molecule has 2 atom stereocenters. The number of halogens is 2. The Morgan fingerprint density at radius 1 is 1.08 bits per heavy atom. The fraction of sp³-hybridized carbons (Fsp3) is 0.231. The van der Waals surface area contributed by atoms with Crippen molar-refractivity contribution in [1.82, 2.24) is 20.1 Å². The van der Waals surface area contributed by atoms with Gasteiger partial charge in [0, 0.05) is 30.5 Å². The zero-order chi connectivity index (χ0) is 25.4. The Morgan fingerprint density at radius 2 is 1.83 bits per heavy atom. The predicted octanol–water partition coefficient (Wildman–Crippen LogP) is 4.05. The van der Waals surface area contributed by atoms with E-state index in [0.717, 1.165) is 22.2 Å². The van der Waals surface area contributed by atoms with Crippen LogP contribution in [0, 0.1) is 0 Å². The fourth-order valence-corrected chi connectivity index (χ4v) is 4.49. The van der Waals surface area contributed by atoms with E-state index in [2.05, 4.69) is 15.4 Å². The fourth-order valence-electron chi connectivity index (χ4n) is 4.49. The van der Waals surface area contributed by atoms with E-state index in [4.69, 9.17) is 4.74 Å². The maximum absolute atomic E-state index is 13.6. The summed E-state index contributed by atoms with van der Waals surface area (Å²) in [6, 6.07) is 16.6. The lowest BCUT2D eigenvalue weighted by molar-refractivity contribution is -0.143. The molecule has 1 saturated heterocycles. The second kappa shape index (κ2) is 9.03. The van der Waals surface area contributed by atoms with Crippen molar-refractivity contribution in [3.05, 3.63) is 78.6 Å². The summed E-state index contributed by atoms with van der Waals surface area (Å²) in [4.78, 5) is 31.0. The van der Waals surface area contributed by atoms with Gasteiger partial charge in [0.25, 0.3) is 5.91 Å². The van der Waals surface area contributed by atoms with E-state index in [1.807, 2.05) is 36.4 Å². The second-order valence-corrected chi connectivity index (χ2v) is 8.65. The molecule has 36 heavy (non-hydrogen) atoms. The van der Waals surface area contributed by atoms with Crippen LogP contribution in [0.2, 0.25) is 0 Å². The molecule has 1 aliphatic heterocycles. The van der Waals surface area contributed by atoms with Crippen LogP contribution >= 0.6 is 0 Å². The van der Waals surface area contributed by atoms with Crippen LogP contribution in [0.25, 0.3) is 16.6 Å². The minimum atomic E-state index is -3.55. The molecule has 0 bridgehead atoms. The third-order valence-corrected chi connectivity index (χ3v) is 6.18. The molecule has 1 aliphatic rings. The Kier molecular flexibility index (Phi) is 5.87. The molecule has 2 aromatic carbocycles. The Bertz CT molecular complexity index is 1420. The molecule has 8 nitrogen and oxygen atoms in total. The van der Waals surface area contributed by atoms with Gasteiger partial charge in [-0.25, -0.2) is 9.67 Å². The zero-order valence-corrected chi connectivity index (χ0v) is 19.6. The molecule has 0 unspecified atom stereocenters. The Labute approximate surface area is 205 Å². The average Bonchev–Trinajstić information content (AvgIpc) is 3.44. The molecule has 0 saturated carbocycles. The standard InChI is InChI=1S/C26H23F2N5O3/c1-26(27,28)25(35)31-20-13-23(34)32(24(20)16-6-4-3-5-7-16)18-8-10-21-17(12-18)14-30-33(21)19-9-11-22(36-2)29-15-19/h3-12,14-15,20,24H,13H2,1-2H3,(H,31,35)/t20-,24+/m1/s1. The number of carbonyl (C=O) groups excluding carboxylic acids is 2. The molecule has 1 N–H and O–H groups in total. The second-order valence-electron chi connectivity index (χ2n) is 8.65. The van der Waals surface area contributed by atoms with Crippen molar-refractivity contribution in [2.24, 2.45) is 0 Å². The number of rotatable bonds is 6. The molecule has 4 aromatic rings. The number of anilines is 1. The number of methoxy groups -OCH3 is 1. The Hall–Kier alpha value is -4.34. The number of hydrogen-bond donors (Lipinski definition) is 1. The quantitative estimate of drug-likeness (QED) is 0.440. The summed E-state index contributed by atoms with van der Waals surface area (Å²) < 4.78 is 34.1. The summed E-state index contributed by atoms with van der Waals surface area (Å²) in [6.07, 6.45) is 3.22. The molecule has 2 aromatic heterocycles. The molecule has 0 radical (unpaired) electrons. The van der Waals surface area contributed by atoms with Crippen molar-refractivity contribution in [2.75, 3.05) is 12.0 Å². The van der Waals surface area contributed by atoms with Gasteiger partial charge in [0.15, 0.2) is 0 Å². The topological polar surface area (TPSA) is 89.4 Å². The van der Waals surface area contributed by atoms with Gasteiger partial charge in [0.2, 0.25) is 11.8 Å². The first-order chi connectivity index (χ1) is 17.3. The predicted molar refractivity (Wildman–Crippen MR) is 129 cm³/mol. The molecule has 0 spiro atoms. The third kappa shape index (κ3) is 4.26. The van der Waals surface area contributed by atoms with E-state index < -0.39 is 23.9 Å². The summed E-state index contributed by atoms with van der Waals surface area (Å²) in [7, 11) is 1.54. The molecule has 10 heteroatoms. The molecule has 2 amide bonds. The number of aromatic nitrogens is 3. The normalized spacial score (nSPS) is 18.0. The van der Waals surface area contributed by atoms with Crippen molar-refractivity contribution in [3.63, 3.8) is 0 Å². The van der Waals surface area contributed by atoms with Crippen LogP contribution < -0.4 is 15.0 Å². The maximum atomic E-state index is 13.6. The summed E-state index contributed by atoms with van der Waals surface area (Å²) >= 11 is 0. The molecule has 1 fully saturated rings. The molecular weight excluding hydrogens is 468 g/mol. The van der Waals surface area contributed by atoms with E-state index in [1.165, 1.54) is 0 Å². The smallest absolute Gasteiger partial charge is 0.321 e. The lowest BCUT2D eigenvalue weighted by Gasteiger charge is -2.29. The molecular formula is C26H23F2N5O3. The van der Waals surface area contributed by atoms with Crippen molar-refractivity contribution in [3.8, 4) is 11.6 Å². The number of benzene rings is 2. The number of nitrogens with one attached hydrogen (secondary N) is 1. The lowest BCUT2D eigenvalue weighted by atomic mass is 9.99. The molecule has 3 heterocycles. The van der Waals surface area contributed by atoms with E-state index in [9.17, 15) is 18.4 Å². The van der Waals surface area contributed by atoms with Crippen LogP contribution in [0.5, 0.6) is 5.88 Å². The Balaban J connectivity index is 1.52. The number of ether oxygens (including phenoxy) is 1. The highest BCUT2D eigenvalue weighted by atomic mass is 19.3. The number of amides is 2. The number of carbonyl (C=O) groups is 2. The first kappa shape index (κ1) is 23.4. The minimum Gasteiger partial charge on any atom is -0.481 e. The van der Waals surface area contributed by atoms with Gasteiger partial charge in [-0.1, -0.05) is 30.3 Å². The summed E-state index contributed by atoms with van der Waals surface area (Å²) in [5.41, 5.74) is 2.84. The molecule has 0 aliphatic carbocycles. The van der Waals surface area contributed by atoms with Crippen LogP contribution in [0.15, 0.2) is 73.1 Å². The van der Waals surface area contributed by atoms with Gasteiger partial charge >= 0.3 is 5.92 Å².